The van der Waals surface area contributed by atoms with Gasteiger partial charge in [0, 0.05) is 31.0 Å². The number of hydrogen-bond acceptors (Lipinski definition) is 4. The van der Waals surface area contributed by atoms with Gasteiger partial charge in [-0.2, -0.15) is 4.31 Å². The molecule has 0 bridgehead atoms. The molecule has 2 fully saturated rings. The summed E-state index contributed by atoms with van der Waals surface area (Å²) in [4.78, 5) is 11.8. The summed E-state index contributed by atoms with van der Waals surface area (Å²) < 4.78 is 34.5. The number of carbonyl (C=O) groups is 1. The molecule has 1 unspecified atom stereocenters. The van der Waals surface area contributed by atoms with Crippen LogP contribution in [0.2, 0.25) is 10.0 Å². The number of halogens is 2. The summed E-state index contributed by atoms with van der Waals surface area (Å²) in [5.41, 5.74) is 1.72. The fourth-order valence-electron chi connectivity index (χ4n) is 5.60. The highest BCUT2D eigenvalue weighted by molar-refractivity contribution is 7.89. The second-order valence-electron chi connectivity index (χ2n) is 10.1. The van der Waals surface area contributed by atoms with Crippen molar-refractivity contribution in [3.63, 3.8) is 0 Å². The number of nitrogens with zero attached hydrogens (tertiary/aromatic N) is 1. The quantitative estimate of drug-likeness (QED) is 0.506. The number of carboxylic acids is 1. The number of sulfonamides is 1. The van der Waals surface area contributed by atoms with E-state index in [1.807, 2.05) is 6.07 Å². The summed E-state index contributed by atoms with van der Waals surface area (Å²) in [5, 5.41) is 10.1. The van der Waals surface area contributed by atoms with E-state index in [-0.39, 0.29) is 15.8 Å². The van der Waals surface area contributed by atoms with E-state index in [1.165, 1.54) is 16.4 Å². The molecule has 1 aliphatic carbocycles. The lowest BCUT2D eigenvalue weighted by Crippen LogP contribution is -2.51. The summed E-state index contributed by atoms with van der Waals surface area (Å²) in [6.45, 7) is 2.46. The lowest BCUT2D eigenvalue weighted by atomic mass is 9.80. The summed E-state index contributed by atoms with van der Waals surface area (Å²) in [6.07, 6.45) is 4.95. The Balaban J connectivity index is 1.34. The van der Waals surface area contributed by atoms with Gasteiger partial charge in [-0.3, -0.25) is 4.79 Å². The van der Waals surface area contributed by atoms with Crippen LogP contribution in [0.1, 0.15) is 56.1 Å². The highest BCUT2D eigenvalue weighted by Crippen LogP contribution is 2.49. The number of aliphatic carboxylic acids is 1. The zero-order valence-electron chi connectivity index (χ0n) is 19.5. The Kier molecular flexibility index (Phi) is 6.58. The van der Waals surface area contributed by atoms with Crippen molar-refractivity contribution in [2.45, 2.75) is 61.9 Å². The highest BCUT2D eigenvalue weighted by Gasteiger charge is 2.44. The first kappa shape index (κ1) is 24.9. The molecule has 2 heterocycles. The minimum atomic E-state index is -3.76. The van der Waals surface area contributed by atoms with Crippen molar-refractivity contribution in [3.05, 3.63) is 57.6 Å². The van der Waals surface area contributed by atoms with Crippen LogP contribution in [0.25, 0.3) is 0 Å². The summed E-state index contributed by atoms with van der Waals surface area (Å²) in [6, 6.07) is 10.6. The number of benzene rings is 2. The van der Waals surface area contributed by atoms with E-state index in [1.54, 1.807) is 13.0 Å². The van der Waals surface area contributed by atoms with E-state index in [2.05, 4.69) is 12.1 Å². The Morgan fingerprint density at radius 1 is 1.11 bits per heavy atom. The first-order valence-electron chi connectivity index (χ1n) is 12.1. The van der Waals surface area contributed by atoms with Gasteiger partial charge in [-0.1, -0.05) is 42.3 Å². The minimum absolute atomic E-state index is 0.0197. The predicted molar refractivity (Wildman–Crippen MR) is 135 cm³/mol. The third-order valence-electron chi connectivity index (χ3n) is 7.86. The van der Waals surface area contributed by atoms with Gasteiger partial charge in [0.25, 0.3) is 0 Å². The Morgan fingerprint density at radius 3 is 2.49 bits per heavy atom. The van der Waals surface area contributed by atoms with Crippen LogP contribution in [0.3, 0.4) is 0 Å². The molecule has 1 saturated heterocycles. The minimum Gasteiger partial charge on any atom is -0.487 e. The van der Waals surface area contributed by atoms with Gasteiger partial charge in [0.15, 0.2) is 0 Å². The van der Waals surface area contributed by atoms with Crippen molar-refractivity contribution >= 4 is 39.2 Å². The van der Waals surface area contributed by atoms with Gasteiger partial charge in [-0.05, 0) is 72.9 Å². The Labute approximate surface area is 216 Å². The third-order valence-corrected chi connectivity index (χ3v) is 10.5. The molecule has 0 aromatic heterocycles. The first-order chi connectivity index (χ1) is 16.6. The lowest BCUT2D eigenvalue weighted by Gasteiger charge is -2.44. The van der Waals surface area contributed by atoms with Gasteiger partial charge >= 0.3 is 5.97 Å². The number of ether oxygens (including phenoxy) is 1. The van der Waals surface area contributed by atoms with E-state index in [9.17, 15) is 18.3 Å². The number of piperidine rings is 1. The van der Waals surface area contributed by atoms with Crippen molar-refractivity contribution in [1.29, 1.82) is 0 Å². The molecule has 0 amide bonds. The van der Waals surface area contributed by atoms with Crippen LogP contribution in [0.4, 0.5) is 0 Å². The Morgan fingerprint density at radius 2 is 1.83 bits per heavy atom. The Hall–Kier alpha value is -1.80. The molecule has 188 valence electrons. The molecule has 1 saturated carbocycles. The van der Waals surface area contributed by atoms with Crippen LogP contribution in [-0.2, 0) is 21.2 Å². The molecule has 2 aliphatic heterocycles. The first-order valence-corrected chi connectivity index (χ1v) is 14.3. The van der Waals surface area contributed by atoms with Crippen LogP contribution in [0, 0.1) is 11.8 Å². The fraction of sp³-hybridized carbons (Fsp3) is 0.500. The van der Waals surface area contributed by atoms with Crippen LogP contribution >= 0.6 is 23.2 Å². The Bertz CT molecular complexity index is 1250. The van der Waals surface area contributed by atoms with Crippen LogP contribution in [0.15, 0.2) is 41.3 Å². The number of carboxylic acid groups (broad SMARTS) is 1. The third kappa shape index (κ3) is 4.80. The maximum absolute atomic E-state index is 13.2. The van der Waals surface area contributed by atoms with E-state index >= 15 is 0 Å². The maximum atomic E-state index is 13.2. The summed E-state index contributed by atoms with van der Waals surface area (Å²) >= 11 is 12.2. The van der Waals surface area contributed by atoms with Crippen LogP contribution in [0.5, 0.6) is 5.75 Å². The maximum Gasteiger partial charge on any atom is 0.306 e. The highest BCUT2D eigenvalue weighted by atomic mass is 35.5. The summed E-state index contributed by atoms with van der Waals surface area (Å²) in [7, 11) is -3.76. The number of hydrogen-bond donors (Lipinski definition) is 1. The smallest absolute Gasteiger partial charge is 0.306 e. The second kappa shape index (κ2) is 9.25. The fourth-order valence-corrected chi connectivity index (χ4v) is 7.78. The normalized spacial score (nSPS) is 21.7. The van der Waals surface area contributed by atoms with E-state index in [0.717, 1.165) is 42.6 Å². The van der Waals surface area contributed by atoms with Crippen molar-refractivity contribution in [2.24, 2.45) is 11.8 Å². The molecule has 2 atom stereocenters. The molecule has 1 N–H and O–H groups in total. The van der Waals surface area contributed by atoms with Crippen molar-refractivity contribution in [1.82, 2.24) is 4.31 Å². The average Bonchev–Trinajstić information content (AvgIpc) is 3.66. The molecular weight excluding hydrogens is 509 g/mol. The SMILES string of the molecule is C[C@H](C(=O)O)C(c1ccc2c(c1)OC1(CC2)CCN(S(=O)(=O)c2cc(Cl)ccc2Cl)CC1)C1CC1. The number of fused-ring (bicyclic) bond motifs is 1. The molecule has 9 heteroatoms. The van der Waals surface area contributed by atoms with Gasteiger partial charge in [-0.15, -0.1) is 0 Å². The van der Waals surface area contributed by atoms with Crippen molar-refractivity contribution < 1.29 is 23.1 Å². The lowest BCUT2D eigenvalue weighted by molar-refractivity contribution is -0.142. The number of aryl methyl sites for hydroxylation is 1. The largest absolute Gasteiger partial charge is 0.487 e. The molecule has 2 aromatic rings. The molecular formula is C26H29Cl2NO5S. The zero-order valence-corrected chi connectivity index (χ0v) is 21.9. The number of rotatable bonds is 6. The van der Waals surface area contributed by atoms with E-state index in [4.69, 9.17) is 27.9 Å². The predicted octanol–water partition coefficient (Wildman–Crippen LogP) is 5.76. The van der Waals surface area contributed by atoms with Gasteiger partial charge in [-0.25, -0.2) is 8.42 Å². The van der Waals surface area contributed by atoms with Gasteiger partial charge in [0.2, 0.25) is 10.0 Å². The molecule has 5 rings (SSSR count). The molecule has 6 nitrogen and oxygen atoms in total. The van der Waals surface area contributed by atoms with Crippen LogP contribution < -0.4 is 4.74 Å². The molecule has 3 aliphatic rings. The molecule has 35 heavy (non-hydrogen) atoms. The molecule has 0 radical (unpaired) electrons. The molecule has 2 aromatic carbocycles. The average molecular weight is 538 g/mol. The zero-order chi connectivity index (χ0) is 25.0. The second-order valence-corrected chi connectivity index (χ2v) is 12.9. The van der Waals surface area contributed by atoms with Crippen molar-refractivity contribution in [2.75, 3.05) is 13.1 Å². The van der Waals surface area contributed by atoms with E-state index < -0.39 is 27.5 Å². The van der Waals surface area contributed by atoms with Crippen LogP contribution in [-0.4, -0.2) is 42.5 Å². The standard InChI is InChI=1S/C26H29Cl2NO5S/c1-16(25(30)31)24(18-3-4-18)19-5-2-17-8-9-26(34-22(17)14-19)10-12-29(13-11-26)35(32,33)23-15-20(27)6-7-21(23)28/h2,5-7,14-16,18,24H,3-4,8-13H2,1H3,(H,30,31)/t16-,24?/m0/s1. The van der Waals surface area contributed by atoms with Gasteiger partial charge in [0.1, 0.15) is 16.2 Å². The van der Waals surface area contributed by atoms with E-state index in [0.29, 0.717) is 36.9 Å². The summed E-state index contributed by atoms with van der Waals surface area (Å²) in [5.74, 6) is -0.0291. The van der Waals surface area contributed by atoms with Gasteiger partial charge in [0.05, 0.1) is 10.9 Å². The topological polar surface area (TPSA) is 83.9 Å². The van der Waals surface area contributed by atoms with Crippen molar-refractivity contribution in [3.8, 4) is 5.75 Å². The monoisotopic (exact) mass is 537 g/mol. The molecule has 1 spiro atoms. The van der Waals surface area contributed by atoms with Gasteiger partial charge < -0.3 is 9.84 Å².